The van der Waals surface area contributed by atoms with Crippen LogP contribution in [0.4, 0.5) is 0 Å². The number of nitrogens with two attached hydrogens (primary N) is 1. The molecule has 7 heteroatoms. The van der Waals surface area contributed by atoms with Crippen molar-refractivity contribution in [1.82, 2.24) is 10.0 Å². The first-order valence-electron chi connectivity index (χ1n) is 4.80. The first kappa shape index (κ1) is 14.9. The topological polar surface area (TPSA) is 96.6 Å². The molecule has 0 aliphatic carbocycles. The summed E-state index contributed by atoms with van der Waals surface area (Å²) < 4.78 is 24.6. The van der Waals surface area contributed by atoms with E-state index >= 15 is 0 Å². The zero-order valence-electron chi connectivity index (χ0n) is 9.95. The quantitative estimate of drug-likeness (QED) is 0.332. The Morgan fingerprint density at radius 1 is 1.56 bits per heavy atom. The molecule has 6 nitrogen and oxygen atoms in total. The molecule has 0 amide bonds. The third-order valence-electron chi connectivity index (χ3n) is 1.53. The molecule has 0 fully saturated rings. The lowest BCUT2D eigenvalue weighted by molar-refractivity contribution is 0.465. The first-order valence-corrected chi connectivity index (χ1v) is 6.69. The average Bonchev–Trinajstić information content (AvgIpc) is 2.07. The van der Waals surface area contributed by atoms with E-state index < -0.39 is 15.6 Å². The Hall–Kier alpha value is -1.08. The standard InChI is InChI=1S/C9H20N4O2S/c1-5-6-11-8(10)12-7-9(2,3)13-16(4,14)15/h5,13H,1,6-7H2,2-4H3,(H3,10,11,12). The van der Waals surface area contributed by atoms with Crippen LogP contribution in [-0.4, -0.2) is 39.3 Å². The number of nitrogens with one attached hydrogen (secondary N) is 2. The van der Waals surface area contributed by atoms with Crippen molar-refractivity contribution in [2.45, 2.75) is 19.4 Å². The van der Waals surface area contributed by atoms with Crippen LogP contribution in [0.3, 0.4) is 0 Å². The highest BCUT2D eigenvalue weighted by molar-refractivity contribution is 7.88. The van der Waals surface area contributed by atoms with Gasteiger partial charge < -0.3 is 11.1 Å². The molecule has 0 unspecified atom stereocenters. The largest absolute Gasteiger partial charge is 0.370 e. The summed E-state index contributed by atoms with van der Waals surface area (Å²) in [7, 11) is -3.24. The van der Waals surface area contributed by atoms with Crippen molar-refractivity contribution in [2.75, 3.05) is 19.3 Å². The Bertz CT molecular complexity index is 360. The molecule has 4 N–H and O–H groups in total. The van der Waals surface area contributed by atoms with Crippen molar-refractivity contribution in [2.24, 2.45) is 10.7 Å². The van der Waals surface area contributed by atoms with Crippen molar-refractivity contribution in [1.29, 1.82) is 0 Å². The highest BCUT2D eigenvalue weighted by Gasteiger charge is 2.21. The van der Waals surface area contributed by atoms with Gasteiger partial charge in [-0.15, -0.1) is 6.58 Å². The molecule has 0 atom stereocenters. The van der Waals surface area contributed by atoms with Crippen LogP contribution < -0.4 is 15.8 Å². The fourth-order valence-corrected chi connectivity index (χ4v) is 2.12. The second kappa shape index (κ2) is 5.86. The van der Waals surface area contributed by atoms with E-state index in [1.54, 1.807) is 19.9 Å². The normalized spacial score (nSPS) is 13.6. The van der Waals surface area contributed by atoms with Crippen LogP contribution in [0.1, 0.15) is 13.8 Å². The Morgan fingerprint density at radius 3 is 2.56 bits per heavy atom. The molecule has 0 aromatic rings. The van der Waals surface area contributed by atoms with Crippen LogP contribution >= 0.6 is 0 Å². The third-order valence-corrected chi connectivity index (χ3v) is 2.46. The van der Waals surface area contributed by atoms with E-state index in [0.29, 0.717) is 6.54 Å². The van der Waals surface area contributed by atoms with Crippen LogP contribution in [0.2, 0.25) is 0 Å². The lowest BCUT2D eigenvalue weighted by atomic mass is 10.1. The number of hydrogen-bond acceptors (Lipinski definition) is 3. The fourth-order valence-electron chi connectivity index (χ4n) is 1.05. The number of rotatable bonds is 6. The van der Waals surface area contributed by atoms with Gasteiger partial charge in [0.25, 0.3) is 0 Å². The van der Waals surface area contributed by atoms with Crippen LogP contribution in [0.5, 0.6) is 0 Å². The summed E-state index contributed by atoms with van der Waals surface area (Å²) in [6.45, 7) is 7.78. The zero-order chi connectivity index (χ0) is 12.8. The molecule has 0 saturated carbocycles. The minimum Gasteiger partial charge on any atom is -0.370 e. The molecule has 0 heterocycles. The Kier molecular flexibility index (Phi) is 5.46. The van der Waals surface area contributed by atoms with E-state index in [0.717, 1.165) is 6.26 Å². The van der Waals surface area contributed by atoms with E-state index in [1.807, 2.05) is 0 Å². The maximum atomic E-state index is 11.0. The lowest BCUT2D eigenvalue weighted by Crippen LogP contribution is -2.46. The summed E-state index contributed by atoms with van der Waals surface area (Å²) in [5.41, 5.74) is 4.89. The second-order valence-corrected chi connectivity index (χ2v) is 5.88. The van der Waals surface area contributed by atoms with E-state index in [9.17, 15) is 8.42 Å². The molecule has 16 heavy (non-hydrogen) atoms. The van der Waals surface area contributed by atoms with Crippen molar-refractivity contribution in [3.05, 3.63) is 12.7 Å². The number of hydrogen-bond donors (Lipinski definition) is 3. The molecule has 0 spiro atoms. The minimum atomic E-state index is -3.24. The lowest BCUT2D eigenvalue weighted by Gasteiger charge is -2.22. The maximum absolute atomic E-state index is 11.0. The van der Waals surface area contributed by atoms with Crippen LogP contribution in [0.15, 0.2) is 17.6 Å². The van der Waals surface area contributed by atoms with Gasteiger partial charge in [-0.2, -0.15) is 0 Å². The van der Waals surface area contributed by atoms with Gasteiger partial charge in [0.1, 0.15) is 0 Å². The van der Waals surface area contributed by atoms with Crippen molar-refractivity contribution in [3.8, 4) is 0 Å². The molecule has 0 saturated heterocycles. The average molecular weight is 248 g/mol. The molecule has 0 aromatic heterocycles. The molecular formula is C9H20N4O2S. The zero-order valence-corrected chi connectivity index (χ0v) is 10.8. The summed E-state index contributed by atoms with van der Waals surface area (Å²) >= 11 is 0. The van der Waals surface area contributed by atoms with Crippen molar-refractivity contribution >= 4 is 16.0 Å². The molecule has 0 aliphatic rings. The SMILES string of the molecule is C=CCNC(N)=NCC(C)(C)NS(C)(=O)=O. The monoisotopic (exact) mass is 248 g/mol. The number of sulfonamides is 1. The van der Waals surface area contributed by atoms with Crippen molar-refractivity contribution in [3.63, 3.8) is 0 Å². The molecule has 0 bridgehead atoms. The Balaban J connectivity index is 4.31. The Morgan fingerprint density at radius 2 is 2.12 bits per heavy atom. The predicted molar refractivity (Wildman–Crippen MR) is 66.7 cm³/mol. The molecule has 0 rings (SSSR count). The summed E-state index contributed by atoms with van der Waals surface area (Å²) in [6, 6.07) is 0. The van der Waals surface area contributed by atoms with Crippen LogP contribution in [-0.2, 0) is 10.0 Å². The van der Waals surface area contributed by atoms with Gasteiger partial charge in [0, 0.05) is 12.1 Å². The second-order valence-electron chi connectivity index (χ2n) is 4.13. The summed E-state index contributed by atoms with van der Waals surface area (Å²) in [4.78, 5) is 4.03. The van der Waals surface area contributed by atoms with Crippen LogP contribution in [0.25, 0.3) is 0 Å². The van der Waals surface area contributed by atoms with Gasteiger partial charge >= 0.3 is 0 Å². The molecule has 94 valence electrons. The van der Waals surface area contributed by atoms with E-state index in [2.05, 4.69) is 21.6 Å². The smallest absolute Gasteiger partial charge is 0.209 e. The molecule has 0 radical (unpaired) electrons. The van der Waals surface area contributed by atoms with Gasteiger partial charge in [-0.25, -0.2) is 13.1 Å². The number of aliphatic imine (C=N–C) groups is 1. The maximum Gasteiger partial charge on any atom is 0.209 e. The van der Waals surface area contributed by atoms with Crippen molar-refractivity contribution < 1.29 is 8.42 Å². The predicted octanol–water partition coefficient (Wildman–Crippen LogP) is -0.595. The molecular weight excluding hydrogens is 228 g/mol. The third kappa shape index (κ3) is 8.25. The Labute approximate surface area is 97.1 Å². The van der Waals surface area contributed by atoms with E-state index in [-0.39, 0.29) is 12.5 Å². The molecule has 0 aliphatic heterocycles. The van der Waals surface area contributed by atoms with Gasteiger partial charge in [0.2, 0.25) is 10.0 Å². The highest BCUT2D eigenvalue weighted by Crippen LogP contribution is 2.03. The van der Waals surface area contributed by atoms with Gasteiger partial charge in [0.05, 0.1) is 12.8 Å². The summed E-state index contributed by atoms with van der Waals surface area (Å²) in [5.74, 6) is 0.267. The summed E-state index contributed by atoms with van der Waals surface area (Å²) in [6.07, 6.45) is 2.76. The van der Waals surface area contributed by atoms with E-state index in [4.69, 9.17) is 5.73 Å². The molecule has 0 aromatic carbocycles. The van der Waals surface area contributed by atoms with Gasteiger partial charge in [-0.3, -0.25) is 4.99 Å². The van der Waals surface area contributed by atoms with Gasteiger partial charge in [-0.1, -0.05) is 6.08 Å². The fraction of sp³-hybridized carbons (Fsp3) is 0.667. The highest BCUT2D eigenvalue weighted by atomic mass is 32.2. The minimum absolute atomic E-state index is 0.260. The number of guanidine groups is 1. The van der Waals surface area contributed by atoms with Gasteiger partial charge in [-0.05, 0) is 13.8 Å². The van der Waals surface area contributed by atoms with Crippen LogP contribution in [0, 0.1) is 0 Å². The first-order chi connectivity index (χ1) is 7.16. The number of nitrogens with zero attached hydrogens (tertiary/aromatic N) is 1. The summed E-state index contributed by atoms with van der Waals surface area (Å²) in [5, 5.41) is 2.80. The van der Waals surface area contributed by atoms with E-state index in [1.165, 1.54) is 0 Å². The van der Waals surface area contributed by atoms with Gasteiger partial charge in [0.15, 0.2) is 5.96 Å².